The molecular formula is C25H29FN2O2. The summed E-state index contributed by atoms with van der Waals surface area (Å²) in [6.45, 7) is 2.75. The molecule has 2 aromatic rings. The Kier molecular flexibility index (Phi) is 5.89. The van der Waals surface area contributed by atoms with E-state index in [1.807, 2.05) is 48.3 Å². The van der Waals surface area contributed by atoms with Crippen LogP contribution in [0, 0.1) is 24.6 Å². The monoisotopic (exact) mass is 408 g/mol. The van der Waals surface area contributed by atoms with Crippen molar-refractivity contribution in [3.05, 3.63) is 71.0 Å². The Balaban J connectivity index is 1.50. The molecule has 0 aromatic heterocycles. The number of hydrogen-bond acceptors (Lipinski definition) is 2. The summed E-state index contributed by atoms with van der Waals surface area (Å²) < 4.78 is 13.8. The molecule has 2 fully saturated rings. The molecular weight excluding hydrogens is 379 g/mol. The number of hydrogen-bond donors (Lipinski definition) is 0. The summed E-state index contributed by atoms with van der Waals surface area (Å²) in [6, 6.07) is 15.0. The number of carbonyl (C=O) groups excluding carboxylic acids is 2. The Bertz CT molecular complexity index is 926. The van der Waals surface area contributed by atoms with E-state index in [-0.39, 0.29) is 35.5 Å². The lowest BCUT2D eigenvalue weighted by molar-refractivity contribution is -0.143. The van der Waals surface area contributed by atoms with E-state index in [1.165, 1.54) is 6.07 Å². The highest BCUT2D eigenvalue weighted by Gasteiger charge is 2.41. The largest absolute Gasteiger partial charge is 0.341 e. The molecule has 2 aliphatic rings. The average Bonchev–Trinajstić information content (AvgIpc) is 3.60. The molecule has 1 aliphatic heterocycles. The third-order valence-electron chi connectivity index (χ3n) is 6.35. The third-order valence-corrected chi connectivity index (χ3v) is 6.35. The SMILES string of the molecule is Cc1cc(C2CCC(C(=O)N(C)Cc3ccccc3)CN2C(=O)C2CC2)ccc1F. The van der Waals surface area contributed by atoms with Crippen molar-refractivity contribution < 1.29 is 14.0 Å². The number of aryl methyl sites for hydroxylation is 1. The predicted octanol–water partition coefficient (Wildman–Crippen LogP) is 4.48. The summed E-state index contributed by atoms with van der Waals surface area (Å²) in [5, 5.41) is 0. The summed E-state index contributed by atoms with van der Waals surface area (Å²) in [4.78, 5) is 29.8. The van der Waals surface area contributed by atoms with Crippen LogP contribution in [0.25, 0.3) is 0 Å². The van der Waals surface area contributed by atoms with Crippen LogP contribution in [0.4, 0.5) is 4.39 Å². The van der Waals surface area contributed by atoms with Crippen LogP contribution in [0.1, 0.15) is 48.4 Å². The molecule has 5 heteroatoms. The molecule has 2 aromatic carbocycles. The number of halogens is 1. The van der Waals surface area contributed by atoms with Crippen LogP contribution in [0.5, 0.6) is 0 Å². The summed E-state index contributed by atoms with van der Waals surface area (Å²) in [7, 11) is 1.83. The van der Waals surface area contributed by atoms with Crippen LogP contribution in [0.15, 0.2) is 48.5 Å². The van der Waals surface area contributed by atoms with Crippen molar-refractivity contribution in [3.63, 3.8) is 0 Å². The zero-order valence-electron chi connectivity index (χ0n) is 17.7. The molecule has 1 saturated carbocycles. The van der Waals surface area contributed by atoms with Gasteiger partial charge in [-0.15, -0.1) is 0 Å². The second kappa shape index (κ2) is 8.58. The lowest BCUT2D eigenvalue weighted by atomic mass is 9.87. The normalized spacial score (nSPS) is 21.4. The van der Waals surface area contributed by atoms with Crippen molar-refractivity contribution in [3.8, 4) is 0 Å². The maximum atomic E-state index is 13.8. The standard InChI is InChI=1S/C25H29FN2O2/c1-17-14-20(10-12-22(17)26)23-13-11-21(16-28(23)25(30)19-8-9-19)24(29)27(2)15-18-6-4-3-5-7-18/h3-7,10,12,14,19,21,23H,8-9,11,13,15-16H2,1-2H3. The first kappa shape index (κ1) is 20.6. The predicted molar refractivity (Wildman–Crippen MR) is 114 cm³/mol. The van der Waals surface area contributed by atoms with Gasteiger partial charge in [0.15, 0.2) is 0 Å². The Hall–Kier alpha value is -2.69. The van der Waals surface area contributed by atoms with Crippen LogP contribution < -0.4 is 0 Å². The minimum atomic E-state index is -0.231. The lowest BCUT2D eigenvalue weighted by Crippen LogP contribution is -2.47. The highest BCUT2D eigenvalue weighted by Crippen LogP contribution is 2.40. The van der Waals surface area contributed by atoms with Gasteiger partial charge < -0.3 is 9.80 Å². The van der Waals surface area contributed by atoms with Crippen molar-refractivity contribution in [2.45, 2.75) is 45.2 Å². The summed E-state index contributed by atoms with van der Waals surface area (Å²) in [5.41, 5.74) is 2.65. The second-order valence-corrected chi connectivity index (χ2v) is 8.74. The van der Waals surface area contributed by atoms with E-state index in [0.29, 0.717) is 18.7 Å². The van der Waals surface area contributed by atoms with E-state index in [2.05, 4.69) is 0 Å². The van der Waals surface area contributed by atoms with E-state index in [0.717, 1.165) is 36.8 Å². The Morgan fingerprint density at radius 2 is 1.73 bits per heavy atom. The van der Waals surface area contributed by atoms with Gasteiger partial charge in [0, 0.05) is 26.1 Å². The van der Waals surface area contributed by atoms with Gasteiger partial charge in [-0.05, 0) is 55.4 Å². The highest BCUT2D eigenvalue weighted by molar-refractivity contribution is 5.84. The van der Waals surface area contributed by atoms with Gasteiger partial charge in [0.25, 0.3) is 0 Å². The molecule has 0 bridgehead atoms. The molecule has 0 spiro atoms. The molecule has 0 radical (unpaired) electrons. The molecule has 0 N–H and O–H groups in total. The topological polar surface area (TPSA) is 40.6 Å². The molecule has 1 saturated heterocycles. The van der Waals surface area contributed by atoms with Gasteiger partial charge in [-0.1, -0.05) is 42.5 Å². The van der Waals surface area contributed by atoms with E-state index in [9.17, 15) is 14.0 Å². The summed E-state index contributed by atoms with van der Waals surface area (Å²) in [6.07, 6.45) is 3.31. The second-order valence-electron chi connectivity index (χ2n) is 8.74. The molecule has 158 valence electrons. The fourth-order valence-corrected chi connectivity index (χ4v) is 4.45. The van der Waals surface area contributed by atoms with Crippen molar-refractivity contribution in [1.29, 1.82) is 0 Å². The van der Waals surface area contributed by atoms with E-state index in [1.54, 1.807) is 17.9 Å². The molecule has 1 heterocycles. The van der Waals surface area contributed by atoms with Crippen molar-refractivity contribution in [2.75, 3.05) is 13.6 Å². The number of rotatable bonds is 5. The number of amides is 2. The van der Waals surface area contributed by atoms with Crippen LogP contribution in [-0.2, 0) is 16.1 Å². The zero-order valence-corrected chi connectivity index (χ0v) is 17.7. The highest BCUT2D eigenvalue weighted by atomic mass is 19.1. The van der Waals surface area contributed by atoms with Gasteiger partial charge >= 0.3 is 0 Å². The van der Waals surface area contributed by atoms with E-state index >= 15 is 0 Å². The Morgan fingerprint density at radius 3 is 2.40 bits per heavy atom. The molecule has 30 heavy (non-hydrogen) atoms. The van der Waals surface area contributed by atoms with Gasteiger partial charge in [-0.2, -0.15) is 0 Å². The molecule has 2 amide bonds. The maximum Gasteiger partial charge on any atom is 0.227 e. The minimum Gasteiger partial charge on any atom is -0.341 e. The van der Waals surface area contributed by atoms with Crippen LogP contribution in [0.2, 0.25) is 0 Å². The Labute approximate surface area is 177 Å². The lowest BCUT2D eigenvalue weighted by Gasteiger charge is -2.40. The van der Waals surface area contributed by atoms with E-state index < -0.39 is 0 Å². The van der Waals surface area contributed by atoms with Crippen molar-refractivity contribution in [2.24, 2.45) is 11.8 Å². The first-order chi connectivity index (χ1) is 14.4. The van der Waals surface area contributed by atoms with Gasteiger partial charge in [0.2, 0.25) is 11.8 Å². The molecule has 4 rings (SSSR count). The first-order valence-corrected chi connectivity index (χ1v) is 10.8. The fourth-order valence-electron chi connectivity index (χ4n) is 4.45. The molecule has 2 unspecified atom stereocenters. The molecule has 1 aliphatic carbocycles. The number of benzene rings is 2. The summed E-state index contributed by atoms with van der Waals surface area (Å²) in [5.74, 6) is -0.110. The van der Waals surface area contributed by atoms with Crippen LogP contribution in [0.3, 0.4) is 0 Å². The number of likely N-dealkylation sites (tertiary alicyclic amines) is 1. The van der Waals surface area contributed by atoms with Gasteiger partial charge in [0.1, 0.15) is 5.82 Å². The van der Waals surface area contributed by atoms with Crippen LogP contribution in [-0.4, -0.2) is 35.2 Å². The van der Waals surface area contributed by atoms with Gasteiger partial charge in [-0.25, -0.2) is 4.39 Å². The quantitative estimate of drug-likeness (QED) is 0.732. The van der Waals surface area contributed by atoms with E-state index in [4.69, 9.17) is 0 Å². The van der Waals surface area contributed by atoms with Crippen LogP contribution >= 0.6 is 0 Å². The smallest absolute Gasteiger partial charge is 0.227 e. The van der Waals surface area contributed by atoms with Gasteiger partial charge in [-0.3, -0.25) is 9.59 Å². The summed E-state index contributed by atoms with van der Waals surface area (Å²) >= 11 is 0. The molecule has 2 atom stereocenters. The third kappa shape index (κ3) is 4.40. The first-order valence-electron chi connectivity index (χ1n) is 10.8. The number of carbonyl (C=O) groups is 2. The molecule has 4 nitrogen and oxygen atoms in total. The number of nitrogens with zero attached hydrogens (tertiary/aromatic N) is 2. The average molecular weight is 409 g/mol. The Morgan fingerprint density at radius 1 is 1.03 bits per heavy atom. The number of piperidine rings is 1. The zero-order chi connectivity index (χ0) is 21.3. The van der Waals surface area contributed by atoms with Crippen molar-refractivity contribution >= 4 is 11.8 Å². The maximum absolute atomic E-state index is 13.8. The fraction of sp³-hybridized carbons (Fsp3) is 0.440. The van der Waals surface area contributed by atoms with Crippen molar-refractivity contribution in [1.82, 2.24) is 9.80 Å². The van der Waals surface area contributed by atoms with Gasteiger partial charge in [0.05, 0.1) is 12.0 Å². The minimum absolute atomic E-state index is 0.0825.